The predicted molar refractivity (Wildman–Crippen MR) is 28.8 cm³/mol. The van der Waals surface area contributed by atoms with Crippen molar-refractivity contribution in [3.8, 4) is 0 Å². The molecule has 2 unspecified atom stereocenters. The topological polar surface area (TPSA) is 9.23 Å². The Hall–Kier alpha value is -0.0400. The van der Waals surface area contributed by atoms with Gasteiger partial charge in [0.2, 0.25) is 0 Å². The van der Waals surface area contributed by atoms with Crippen molar-refractivity contribution in [3.05, 3.63) is 6.92 Å². The third-order valence-electron chi connectivity index (χ3n) is 1.52. The Balaban J connectivity index is 2.33. The van der Waals surface area contributed by atoms with Crippen LogP contribution in [0.15, 0.2) is 0 Å². The van der Waals surface area contributed by atoms with Gasteiger partial charge in [-0.15, -0.1) is 0 Å². The maximum absolute atomic E-state index is 5.11. The number of ether oxygens (including phenoxy) is 1. The lowest BCUT2D eigenvalue weighted by Gasteiger charge is -2.01. The van der Waals surface area contributed by atoms with Crippen LogP contribution in [0.4, 0.5) is 0 Å². The predicted octanol–water partition coefficient (Wildman–Crippen LogP) is 1.10. The fourth-order valence-corrected chi connectivity index (χ4v) is 0.706. The highest BCUT2D eigenvalue weighted by Crippen LogP contribution is 2.17. The maximum Gasteiger partial charge on any atom is 0.0497 e. The van der Waals surface area contributed by atoms with E-state index in [9.17, 15) is 0 Å². The Kier molecular flexibility index (Phi) is 1.33. The first-order valence-electron chi connectivity index (χ1n) is 2.71. The molecule has 1 nitrogen and oxygen atoms in total. The highest BCUT2D eigenvalue weighted by molar-refractivity contribution is 4.72. The second kappa shape index (κ2) is 1.83. The molecule has 0 amide bonds. The molecule has 1 fully saturated rings. The lowest BCUT2D eigenvalue weighted by Crippen LogP contribution is -2.02. The fourth-order valence-electron chi connectivity index (χ4n) is 0.706. The molecule has 1 rings (SSSR count). The van der Waals surface area contributed by atoms with Crippen LogP contribution < -0.4 is 0 Å². The van der Waals surface area contributed by atoms with Crippen LogP contribution in [-0.4, -0.2) is 13.2 Å². The highest BCUT2D eigenvalue weighted by atomic mass is 16.5. The minimum Gasteiger partial charge on any atom is -0.381 e. The molecule has 1 saturated heterocycles. The van der Waals surface area contributed by atoms with Crippen molar-refractivity contribution in [2.45, 2.75) is 6.92 Å². The summed E-state index contributed by atoms with van der Waals surface area (Å²) in [7, 11) is 0. The Bertz CT molecular complexity index is 53.2. The van der Waals surface area contributed by atoms with Crippen molar-refractivity contribution in [3.63, 3.8) is 0 Å². The molecule has 2 atom stereocenters. The van der Waals surface area contributed by atoms with E-state index in [0.29, 0.717) is 11.8 Å². The second-order valence-electron chi connectivity index (χ2n) is 2.27. The Morgan fingerprint density at radius 1 is 1.57 bits per heavy atom. The summed E-state index contributed by atoms with van der Waals surface area (Å²) in [6.45, 7) is 7.84. The van der Waals surface area contributed by atoms with Gasteiger partial charge in [-0.1, -0.05) is 6.92 Å². The van der Waals surface area contributed by atoms with Crippen LogP contribution in [0.1, 0.15) is 6.92 Å². The summed E-state index contributed by atoms with van der Waals surface area (Å²) in [4.78, 5) is 0. The van der Waals surface area contributed by atoms with Crippen LogP contribution in [0.25, 0.3) is 0 Å². The van der Waals surface area contributed by atoms with Gasteiger partial charge in [0.1, 0.15) is 0 Å². The number of rotatable bonds is 0. The largest absolute Gasteiger partial charge is 0.381 e. The molecule has 1 heterocycles. The first-order valence-corrected chi connectivity index (χ1v) is 2.71. The van der Waals surface area contributed by atoms with Crippen molar-refractivity contribution in [2.75, 3.05) is 13.2 Å². The SMILES string of the molecule is [CH2]C1COCC1C. The maximum atomic E-state index is 5.11. The van der Waals surface area contributed by atoms with E-state index >= 15 is 0 Å². The summed E-state index contributed by atoms with van der Waals surface area (Å²) in [5.74, 6) is 1.22. The molecule has 41 valence electrons. The first kappa shape index (κ1) is 5.10. The van der Waals surface area contributed by atoms with Gasteiger partial charge in [0.15, 0.2) is 0 Å². The summed E-state index contributed by atoms with van der Waals surface area (Å²) < 4.78 is 5.11. The summed E-state index contributed by atoms with van der Waals surface area (Å²) in [5, 5.41) is 0. The molecular weight excluding hydrogens is 88.1 g/mol. The van der Waals surface area contributed by atoms with Gasteiger partial charge in [-0.25, -0.2) is 0 Å². The van der Waals surface area contributed by atoms with E-state index < -0.39 is 0 Å². The van der Waals surface area contributed by atoms with Gasteiger partial charge in [-0.2, -0.15) is 0 Å². The van der Waals surface area contributed by atoms with E-state index in [-0.39, 0.29) is 0 Å². The molecule has 1 radical (unpaired) electrons. The summed E-state index contributed by atoms with van der Waals surface area (Å²) >= 11 is 0. The zero-order chi connectivity index (χ0) is 5.28. The van der Waals surface area contributed by atoms with Gasteiger partial charge in [0, 0.05) is 13.2 Å². The molecule has 0 saturated carbocycles. The average Bonchev–Trinajstić information content (AvgIpc) is 1.91. The quantitative estimate of drug-likeness (QED) is 0.442. The Morgan fingerprint density at radius 3 is 2.43 bits per heavy atom. The Morgan fingerprint density at radius 2 is 2.29 bits per heavy atom. The molecular formula is C6H11O. The fraction of sp³-hybridized carbons (Fsp3) is 0.833. The molecule has 0 bridgehead atoms. The molecule has 1 aliphatic heterocycles. The summed E-state index contributed by atoms with van der Waals surface area (Å²) in [5.41, 5.74) is 0. The number of hydrogen-bond acceptors (Lipinski definition) is 1. The third kappa shape index (κ3) is 0.942. The number of hydrogen-bond donors (Lipinski definition) is 0. The van der Waals surface area contributed by atoms with Crippen LogP contribution in [0.2, 0.25) is 0 Å². The van der Waals surface area contributed by atoms with Crippen LogP contribution in [0, 0.1) is 18.8 Å². The van der Waals surface area contributed by atoms with Gasteiger partial charge in [0.05, 0.1) is 0 Å². The highest BCUT2D eigenvalue weighted by Gasteiger charge is 2.18. The van der Waals surface area contributed by atoms with E-state index in [1.807, 2.05) is 0 Å². The lowest BCUT2D eigenvalue weighted by atomic mass is 10.0. The molecule has 0 aromatic heterocycles. The summed E-state index contributed by atoms with van der Waals surface area (Å²) in [6.07, 6.45) is 0. The molecule has 0 aromatic rings. The van der Waals surface area contributed by atoms with Crippen LogP contribution in [0.5, 0.6) is 0 Å². The summed E-state index contributed by atoms with van der Waals surface area (Å²) in [6, 6.07) is 0. The minimum absolute atomic E-state index is 0.542. The smallest absolute Gasteiger partial charge is 0.0497 e. The monoisotopic (exact) mass is 99.1 g/mol. The van der Waals surface area contributed by atoms with Gasteiger partial charge < -0.3 is 4.74 Å². The van der Waals surface area contributed by atoms with E-state index in [4.69, 9.17) is 4.74 Å². The van der Waals surface area contributed by atoms with E-state index in [1.54, 1.807) is 0 Å². The van der Waals surface area contributed by atoms with Gasteiger partial charge in [-0.3, -0.25) is 0 Å². The van der Waals surface area contributed by atoms with Crippen molar-refractivity contribution >= 4 is 0 Å². The first-order chi connectivity index (χ1) is 3.30. The molecule has 7 heavy (non-hydrogen) atoms. The minimum atomic E-state index is 0.542. The normalized spacial score (nSPS) is 42.0. The van der Waals surface area contributed by atoms with Crippen molar-refractivity contribution < 1.29 is 4.74 Å². The molecule has 0 spiro atoms. The van der Waals surface area contributed by atoms with Crippen LogP contribution in [-0.2, 0) is 4.74 Å². The van der Waals surface area contributed by atoms with E-state index in [0.717, 1.165) is 13.2 Å². The van der Waals surface area contributed by atoms with Crippen molar-refractivity contribution in [1.29, 1.82) is 0 Å². The van der Waals surface area contributed by atoms with Crippen molar-refractivity contribution in [2.24, 2.45) is 11.8 Å². The van der Waals surface area contributed by atoms with Gasteiger partial charge in [0.25, 0.3) is 0 Å². The van der Waals surface area contributed by atoms with Gasteiger partial charge in [-0.05, 0) is 18.8 Å². The molecule has 0 aromatic carbocycles. The van der Waals surface area contributed by atoms with Gasteiger partial charge >= 0.3 is 0 Å². The van der Waals surface area contributed by atoms with Crippen molar-refractivity contribution in [1.82, 2.24) is 0 Å². The Labute approximate surface area is 44.7 Å². The molecule has 1 heteroatoms. The zero-order valence-electron chi connectivity index (χ0n) is 4.68. The molecule has 1 aliphatic rings. The third-order valence-corrected chi connectivity index (χ3v) is 1.52. The van der Waals surface area contributed by atoms with Crippen LogP contribution in [0.3, 0.4) is 0 Å². The van der Waals surface area contributed by atoms with E-state index in [2.05, 4.69) is 13.8 Å². The second-order valence-corrected chi connectivity index (χ2v) is 2.27. The van der Waals surface area contributed by atoms with E-state index in [1.165, 1.54) is 0 Å². The van der Waals surface area contributed by atoms with Crippen LogP contribution >= 0.6 is 0 Å². The molecule has 0 N–H and O–H groups in total. The molecule has 0 aliphatic carbocycles. The average molecular weight is 99.2 g/mol. The zero-order valence-corrected chi connectivity index (χ0v) is 4.68. The standard InChI is InChI=1S/C6H11O/c1-5-3-7-4-6(5)2/h5-6H,1,3-4H2,2H3. The lowest BCUT2D eigenvalue weighted by molar-refractivity contribution is 0.185.